The monoisotopic (exact) mass is 723 g/mol. The van der Waals surface area contributed by atoms with E-state index in [1.165, 1.54) is 17.0 Å². The van der Waals surface area contributed by atoms with E-state index < -0.39 is 28.5 Å². The molecular weight excluding hydrogens is 682 g/mol. The molecular formula is C41H42ClN3O5S. The molecule has 0 heterocycles. The summed E-state index contributed by atoms with van der Waals surface area (Å²) in [5, 5.41) is 3.42. The van der Waals surface area contributed by atoms with Crippen LogP contribution < -0.4 is 14.4 Å². The maximum atomic E-state index is 14.7. The van der Waals surface area contributed by atoms with Gasteiger partial charge in [0, 0.05) is 24.5 Å². The molecule has 1 N–H and O–H groups in total. The molecule has 0 aromatic heterocycles. The number of nitrogens with one attached hydrogen (secondary N) is 1. The van der Waals surface area contributed by atoms with E-state index in [9.17, 15) is 18.0 Å². The Morgan fingerprint density at radius 2 is 1.35 bits per heavy atom. The van der Waals surface area contributed by atoms with E-state index >= 15 is 0 Å². The van der Waals surface area contributed by atoms with E-state index in [0.717, 1.165) is 15.4 Å². The molecule has 0 fully saturated rings. The third kappa shape index (κ3) is 9.99. The van der Waals surface area contributed by atoms with Gasteiger partial charge in [-0.2, -0.15) is 0 Å². The Bertz CT molecular complexity index is 2010. The molecule has 0 aliphatic carbocycles. The van der Waals surface area contributed by atoms with Gasteiger partial charge in [0.25, 0.3) is 10.0 Å². The third-order valence-corrected chi connectivity index (χ3v) is 10.4. The Morgan fingerprint density at radius 3 is 1.98 bits per heavy atom. The summed E-state index contributed by atoms with van der Waals surface area (Å²) in [5.41, 5.74) is 2.61. The molecule has 0 spiro atoms. The summed E-state index contributed by atoms with van der Waals surface area (Å²) in [6, 6.07) is 37.8. The molecule has 5 aromatic rings. The Hall–Kier alpha value is -5.12. The summed E-state index contributed by atoms with van der Waals surface area (Å²) >= 11 is 6.60. The molecule has 5 aromatic carbocycles. The smallest absolute Gasteiger partial charge is 0.264 e. The molecule has 0 saturated carbocycles. The zero-order valence-electron chi connectivity index (χ0n) is 28.9. The first-order chi connectivity index (χ1) is 24.5. The predicted octanol–water partition coefficient (Wildman–Crippen LogP) is 8.05. The van der Waals surface area contributed by atoms with Crippen LogP contribution in [0.15, 0.2) is 138 Å². The van der Waals surface area contributed by atoms with Gasteiger partial charge < -0.3 is 15.0 Å². The van der Waals surface area contributed by atoms with Crippen molar-refractivity contribution in [3.63, 3.8) is 0 Å². The van der Waals surface area contributed by atoms with E-state index in [0.29, 0.717) is 28.6 Å². The zero-order chi connectivity index (χ0) is 36.4. The topological polar surface area (TPSA) is 96.0 Å². The Balaban J connectivity index is 1.56. The van der Waals surface area contributed by atoms with Gasteiger partial charge in [-0.1, -0.05) is 110 Å². The number of hydrogen-bond acceptors (Lipinski definition) is 5. The quantitative estimate of drug-likeness (QED) is 0.118. The van der Waals surface area contributed by atoms with Crippen LogP contribution in [-0.4, -0.2) is 44.3 Å². The van der Waals surface area contributed by atoms with Crippen LogP contribution in [0, 0.1) is 12.8 Å². The van der Waals surface area contributed by atoms with Gasteiger partial charge in [0.2, 0.25) is 11.8 Å². The van der Waals surface area contributed by atoms with Crippen LogP contribution in [0.1, 0.15) is 30.5 Å². The number of sulfonamides is 1. The van der Waals surface area contributed by atoms with Gasteiger partial charge in [0.05, 0.1) is 10.6 Å². The minimum Gasteiger partial charge on any atom is -0.457 e. The largest absolute Gasteiger partial charge is 0.457 e. The van der Waals surface area contributed by atoms with Gasteiger partial charge >= 0.3 is 0 Å². The van der Waals surface area contributed by atoms with E-state index in [1.807, 2.05) is 87.5 Å². The maximum absolute atomic E-state index is 14.7. The highest BCUT2D eigenvalue weighted by atomic mass is 35.5. The van der Waals surface area contributed by atoms with E-state index in [-0.39, 0.29) is 35.4 Å². The first-order valence-corrected chi connectivity index (χ1v) is 18.6. The molecule has 2 amide bonds. The van der Waals surface area contributed by atoms with Crippen molar-refractivity contribution in [3.05, 3.63) is 155 Å². The van der Waals surface area contributed by atoms with Crippen LogP contribution in [0.3, 0.4) is 0 Å². The number of amides is 2. The van der Waals surface area contributed by atoms with Crippen molar-refractivity contribution >= 4 is 39.1 Å². The van der Waals surface area contributed by atoms with Crippen molar-refractivity contribution < 1.29 is 22.7 Å². The highest BCUT2D eigenvalue weighted by molar-refractivity contribution is 7.92. The molecule has 0 radical (unpaired) electrons. The van der Waals surface area contributed by atoms with Gasteiger partial charge in [-0.3, -0.25) is 13.9 Å². The van der Waals surface area contributed by atoms with Crippen LogP contribution in [-0.2, 0) is 32.6 Å². The number of anilines is 1. The third-order valence-electron chi connectivity index (χ3n) is 8.25. The molecule has 51 heavy (non-hydrogen) atoms. The SMILES string of the molecule is Cc1ccc(S(=O)(=O)N(CC(=O)N(Cc2ccccc2Cl)[C@@H](Cc2ccccc2)C(=O)NCC(C)C)c2ccc(Oc3ccccc3)cc2)cc1. The minimum atomic E-state index is -4.26. The average Bonchev–Trinajstić information content (AvgIpc) is 3.13. The number of carbonyl (C=O) groups excluding carboxylic acids is 2. The number of aryl methyl sites for hydroxylation is 1. The fourth-order valence-corrected chi connectivity index (χ4v) is 7.07. The lowest BCUT2D eigenvalue weighted by Gasteiger charge is -2.34. The maximum Gasteiger partial charge on any atom is 0.264 e. The van der Waals surface area contributed by atoms with Crippen molar-refractivity contribution in [1.82, 2.24) is 10.2 Å². The normalized spacial score (nSPS) is 11.9. The van der Waals surface area contributed by atoms with Gasteiger partial charge in [-0.25, -0.2) is 8.42 Å². The van der Waals surface area contributed by atoms with Crippen molar-refractivity contribution in [2.75, 3.05) is 17.4 Å². The van der Waals surface area contributed by atoms with Crippen LogP contribution in [0.5, 0.6) is 11.5 Å². The van der Waals surface area contributed by atoms with Crippen LogP contribution in [0.2, 0.25) is 5.02 Å². The van der Waals surface area contributed by atoms with E-state index in [2.05, 4.69) is 5.32 Å². The van der Waals surface area contributed by atoms with Crippen molar-refractivity contribution in [3.8, 4) is 11.5 Å². The molecule has 0 aliphatic rings. The molecule has 8 nitrogen and oxygen atoms in total. The molecule has 0 unspecified atom stereocenters. The molecule has 10 heteroatoms. The number of ether oxygens (including phenoxy) is 1. The highest BCUT2D eigenvalue weighted by Crippen LogP contribution is 2.29. The van der Waals surface area contributed by atoms with Crippen molar-refractivity contribution in [2.45, 2.75) is 44.7 Å². The lowest BCUT2D eigenvalue weighted by atomic mass is 10.0. The molecule has 1 atom stereocenters. The first kappa shape index (κ1) is 37.1. The predicted molar refractivity (Wildman–Crippen MR) is 202 cm³/mol. The Morgan fingerprint density at radius 1 is 0.765 bits per heavy atom. The summed E-state index contributed by atoms with van der Waals surface area (Å²) in [4.78, 5) is 30.2. The number of halogens is 1. The molecule has 0 aliphatic heterocycles. The number of rotatable bonds is 15. The number of para-hydroxylation sites is 1. The molecule has 5 rings (SSSR count). The number of hydrogen-bond donors (Lipinski definition) is 1. The van der Waals surface area contributed by atoms with Crippen molar-refractivity contribution in [2.24, 2.45) is 5.92 Å². The number of carbonyl (C=O) groups is 2. The second-order valence-corrected chi connectivity index (χ2v) is 15.0. The summed E-state index contributed by atoms with van der Waals surface area (Å²) in [6.07, 6.45) is 0.206. The van der Waals surface area contributed by atoms with Crippen molar-refractivity contribution in [1.29, 1.82) is 0 Å². The minimum absolute atomic E-state index is 0.0205. The van der Waals surface area contributed by atoms with Gasteiger partial charge in [0.1, 0.15) is 24.1 Å². The van der Waals surface area contributed by atoms with E-state index in [4.69, 9.17) is 16.3 Å². The number of benzene rings is 5. The fourth-order valence-electron chi connectivity index (χ4n) is 5.46. The molecule has 0 saturated heterocycles. The van der Waals surface area contributed by atoms with Crippen LogP contribution in [0.25, 0.3) is 0 Å². The summed E-state index contributed by atoms with van der Waals surface area (Å²) in [5.74, 6) is 0.372. The fraction of sp³-hybridized carbons (Fsp3) is 0.220. The lowest BCUT2D eigenvalue weighted by molar-refractivity contribution is -0.140. The summed E-state index contributed by atoms with van der Waals surface area (Å²) in [6.45, 7) is 5.65. The Kier molecular flexibility index (Phi) is 12.5. The molecule has 0 bridgehead atoms. The zero-order valence-corrected chi connectivity index (χ0v) is 30.5. The van der Waals surface area contributed by atoms with Crippen LogP contribution in [0.4, 0.5) is 5.69 Å². The molecule has 264 valence electrons. The van der Waals surface area contributed by atoms with Crippen LogP contribution >= 0.6 is 11.6 Å². The number of nitrogens with zero attached hydrogens (tertiary/aromatic N) is 2. The van der Waals surface area contributed by atoms with Gasteiger partial charge in [0.15, 0.2) is 0 Å². The first-order valence-electron chi connectivity index (χ1n) is 16.8. The lowest BCUT2D eigenvalue weighted by Crippen LogP contribution is -2.53. The summed E-state index contributed by atoms with van der Waals surface area (Å²) in [7, 11) is -4.26. The highest BCUT2D eigenvalue weighted by Gasteiger charge is 2.35. The van der Waals surface area contributed by atoms with Gasteiger partial charge in [-0.15, -0.1) is 0 Å². The van der Waals surface area contributed by atoms with Gasteiger partial charge in [-0.05, 0) is 78.6 Å². The van der Waals surface area contributed by atoms with E-state index in [1.54, 1.807) is 54.6 Å². The second kappa shape index (κ2) is 17.2. The Labute approximate surface area is 305 Å². The average molecular weight is 724 g/mol. The summed E-state index contributed by atoms with van der Waals surface area (Å²) < 4.78 is 35.8. The second-order valence-electron chi connectivity index (χ2n) is 12.7. The standard InChI is InChI=1S/C41H42ClN3O5S/c1-30(2)27-43-41(47)39(26-32-12-6-4-7-13-32)44(28-33-14-10-11-17-38(33)42)40(46)29-45(51(48,49)37-24-18-31(3)19-25-37)34-20-22-36(23-21-34)50-35-15-8-5-9-16-35/h4-25,30,39H,26-29H2,1-3H3,(H,43,47)/t39-/m0/s1.